The van der Waals surface area contributed by atoms with Crippen molar-refractivity contribution in [1.29, 1.82) is 0 Å². The zero-order valence-corrected chi connectivity index (χ0v) is 15.1. The van der Waals surface area contributed by atoms with Gasteiger partial charge in [-0.2, -0.15) is 20.1 Å². The second-order valence-corrected chi connectivity index (χ2v) is 6.51. The van der Waals surface area contributed by atoms with Gasteiger partial charge in [-0.05, 0) is 42.7 Å². The molecule has 0 aliphatic carbocycles. The van der Waals surface area contributed by atoms with E-state index < -0.39 is 0 Å². The summed E-state index contributed by atoms with van der Waals surface area (Å²) in [5, 5.41) is 13.6. The van der Waals surface area contributed by atoms with E-state index in [2.05, 4.69) is 35.3 Å². The highest BCUT2D eigenvalue weighted by molar-refractivity contribution is 5.80. The highest BCUT2D eigenvalue weighted by atomic mass is 16.5. The molecule has 0 spiro atoms. The molecular formula is C18H23N7O2. The molecule has 9 heteroatoms. The van der Waals surface area contributed by atoms with Gasteiger partial charge in [-0.3, -0.25) is 0 Å². The predicted octanol–water partition coefficient (Wildman–Crippen LogP) is 1.46. The summed E-state index contributed by atoms with van der Waals surface area (Å²) in [6.45, 7) is 4.80. The zero-order chi connectivity index (χ0) is 18.5. The molecule has 0 radical (unpaired) electrons. The third-order valence-electron chi connectivity index (χ3n) is 4.57. The quantitative estimate of drug-likeness (QED) is 0.604. The first-order valence-electron chi connectivity index (χ1n) is 9.20. The number of phenolic OH excluding ortho intramolecular Hbond substituents is 1. The molecule has 4 rings (SSSR count). The van der Waals surface area contributed by atoms with Gasteiger partial charge in [0.25, 0.3) is 0 Å². The van der Waals surface area contributed by atoms with Crippen LogP contribution < -0.4 is 15.2 Å². The highest BCUT2D eigenvalue weighted by Gasteiger charge is 2.21. The molecule has 2 aliphatic rings. The van der Waals surface area contributed by atoms with Crippen molar-refractivity contribution in [3.63, 3.8) is 0 Å². The molecule has 0 amide bonds. The number of nitrogens with one attached hydrogen (secondary N) is 1. The van der Waals surface area contributed by atoms with Crippen LogP contribution in [0, 0.1) is 0 Å². The second-order valence-electron chi connectivity index (χ2n) is 6.51. The van der Waals surface area contributed by atoms with Gasteiger partial charge >= 0.3 is 0 Å². The number of aromatic hydroxyl groups is 1. The van der Waals surface area contributed by atoms with Crippen molar-refractivity contribution in [1.82, 2.24) is 15.0 Å². The van der Waals surface area contributed by atoms with Crippen LogP contribution in [0.3, 0.4) is 0 Å². The number of rotatable bonds is 5. The molecule has 2 aromatic rings. The van der Waals surface area contributed by atoms with Gasteiger partial charge in [-0.25, -0.2) is 5.43 Å². The van der Waals surface area contributed by atoms with Crippen molar-refractivity contribution >= 4 is 24.1 Å². The van der Waals surface area contributed by atoms with E-state index in [0.717, 1.165) is 44.6 Å². The molecule has 2 fully saturated rings. The Hall–Kier alpha value is -2.94. The molecule has 3 heterocycles. The maximum Gasteiger partial charge on any atom is 0.250 e. The molecule has 9 nitrogen and oxygen atoms in total. The zero-order valence-electron chi connectivity index (χ0n) is 15.1. The number of hydrogen-bond acceptors (Lipinski definition) is 9. The normalized spacial score (nSPS) is 17.6. The van der Waals surface area contributed by atoms with E-state index >= 15 is 0 Å². The van der Waals surface area contributed by atoms with Crippen LogP contribution in [0.4, 0.5) is 17.8 Å². The Morgan fingerprint density at radius 3 is 2.22 bits per heavy atom. The molecule has 0 unspecified atom stereocenters. The Morgan fingerprint density at radius 1 is 0.926 bits per heavy atom. The van der Waals surface area contributed by atoms with E-state index in [1.54, 1.807) is 30.5 Å². The van der Waals surface area contributed by atoms with E-state index in [9.17, 15) is 5.11 Å². The van der Waals surface area contributed by atoms with Gasteiger partial charge in [0, 0.05) is 26.2 Å². The van der Waals surface area contributed by atoms with E-state index in [1.165, 1.54) is 0 Å². The number of hydrogen-bond donors (Lipinski definition) is 2. The Balaban J connectivity index is 1.54. The minimum absolute atomic E-state index is 0.225. The van der Waals surface area contributed by atoms with Crippen LogP contribution in [-0.2, 0) is 4.74 Å². The van der Waals surface area contributed by atoms with Crippen molar-refractivity contribution in [3.8, 4) is 5.75 Å². The Bertz CT molecular complexity index is 785. The average molecular weight is 369 g/mol. The van der Waals surface area contributed by atoms with Crippen LogP contribution in [0.5, 0.6) is 5.75 Å². The summed E-state index contributed by atoms with van der Waals surface area (Å²) in [7, 11) is 0. The summed E-state index contributed by atoms with van der Waals surface area (Å²) in [6, 6.07) is 6.80. The largest absolute Gasteiger partial charge is 0.508 e. The van der Waals surface area contributed by atoms with Gasteiger partial charge in [0.1, 0.15) is 5.75 Å². The smallest absolute Gasteiger partial charge is 0.250 e. The molecule has 2 N–H and O–H groups in total. The number of hydrazone groups is 1. The fourth-order valence-electron chi connectivity index (χ4n) is 3.09. The van der Waals surface area contributed by atoms with Crippen molar-refractivity contribution in [2.75, 3.05) is 54.6 Å². The summed E-state index contributed by atoms with van der Waals surface area (Å²) in [5.74, 6) is 1.98. The number of benzene rings is 1. The average Bonchev–Trinajstić information content (AvgIpc) is 3.25. The van der Waals surface area contributed by atoms with Gasteiger partial charge in [-0.1, -0.05) is 0 Å². The lowest BCUT2D eigenvalue weighted by Crippen LogP contribution is -2.38. The van der Waals surface area contributed by atoms with Crippen molar-refractivity contribution in [2.45, 2.75) is 12.8 Å². The van der Waals surface area contributed by atoms with Crippen molar-refractivity contribution in [2.24, 2.45) is 5.10 Å². The maximum atomic E-state index is 9.34. The van der Waals surface area contributed by atoms with Gasteiger partial charge in [0.05, 0.1) is 19.4 Å². The lowest BCUT2D eigenvalue weighted by Gasteiger charge is -2.27. The topological polar surface area (TPSA) is 99.0 Å². The minimum Gasteiger partial charge on any atom is -0.508 e. The fraction of sp³-hybridized carbons (Fsp3) is 0.444. The Morgan fingerprint density at radius 2 is 1.56 bits per heavy atom. The Kier molecular flexibility index (Phi) is 5.29. The number of anilines is 3. The van der Waals surface area contributed by atoms with Crippen LogP contribution >= 0.6 is 0 Å². The molecule has 2 saturated heterocycles. The van der Waals surface area contributed by atoms with Gasteiger partial charge in [0.15, 0.2) is 0 Å². The molecule has 1 aromatic heterocycles. The number of aromatic nitrogens is 3. The fourth-order valence-corrected chi connectivity index (χ4v) is 3.09. The van der Waals surface area contributed by atoms with Gasteiger partial charge in [-0.15, -0.1) is 0 Å². The van der Waals surface area contributed by atoms with E-state index in [-0.39, 0.29) is 5.75 Å². The monoisotopic (exact) mass is 369 g/mol. The van der Waals surface area contributed by atoms with Crippen LogP contribution in [0.2, 0.25) is 0 Å². The number of phenols is 1. The first-order valence-corrected chi connectivity index (χ1v) is 9.20. The molecule has 1 aromatic carbocycles. The lowest BCUT2D eigenvalue weighted by molar-refractivity contribution is 0.122. The summed E-state index contributed by atoms with van der Waals surface area (Å²) in [6.07, 6.45) is 3.97. The maximum absolute atomic E-state index is 9.34. The first kappa shape index (κ1) is 17.5. The van der Waals surface area contributed by atoms with Crippen LogP contribution in [0.1, 0.15) is 18.4 Å². The van der Waals surface area contributed by atoms with Crippen LogP contribution in [-0.4, -0.2) is 65.7 Å². The van der Waals surface area contributed by atoms with Gasteiger partial charge < -0.3 is 19.6 Å². The Labute approximate surface area is 157 Å². The molecule has 0 bridgehead atoms. The van der Waals surface area contributed by atoms with Gasteiger partial charge in [0.2, 0.25) is 17.8 Å². The molecule has 0 saturated carbocycles. The number of ether oxygens (including phenoxy) is 1. The predicted molar refractivity (Wildman–Crippen MR) is 104 cm³/mol. The summed E-state index contributed by atoms with van der Waals surface area (Å²) >= 11 is 0. The first-order chi connectivity index (χ1) is 13.3. The summed E-state index contributed by atoms with van der Waals surface area (Å²) < 4.78 is 5.42. The van der Waals surface area contributed by atoms with Crippen LogP contribution in [0.25, 0.3) is 0 Å². The highest BCUT2D eigenvalue weighted by Crippen LogP contribution is 2.21. The molecule has 27 heavy (non-hydrogen) atoms. The third kappa shape index (κ3) is 4.43. The molecule has 0 atom stereocenters. The minimum atomic E-state index is 0.225. The summed E-state index contributed by atoms with van der Waals surface area (Å²) in [4.78, 5) is 18.0. The molecular weight excluding hydrogens is 346 g/mol. The number of morpholine rings is 1. The van der Waals surface area contributed by atoms with E-state index in [0.29, 0.717) is 31.1 Å². The van der Waals surface area contributed by atoms with Crippen molar-refractivity contribution in [3.05, 3.63) is 29.8 Å². The van der Waals surface area contributed by atoms with E-state index in [4.69, 9.17) is 4.74 Å². The lowest BCUT2D eigenvalue weighted by atomic mass is 10.2. The third-order valence-corrected chi connectivity index (χ3v) is 4.57. The standard InChI is InChI=1S/C18H23N7O2/c26-15-5-3-14(4-6-15)13-19-23-16-20-17(24-7-1-2-8-24)22-18(21-16)25-9-11-27-12-10-25/h3-6,13,26H,1-2,7-12H2,(H,20,21,22,23)/b19-13-. The number of nitrogens with zero attached hydrogens (tertiary/aromatic N) is 6. The second kappa shape index (κ2) is 8.17. The molecule has 142 valence electrons. The van der Waals surface area contributed by atoms with Crippen LogP contribution in [0.15, 0.2) is 29.4 Å². The SMILES string of the molecule is Oc1ccc(/C=N\Nc2nc(N3CCCC3)nc(N3CCOCC3)n2)cc1. The van der Waals surface area contributed by atoms with Crippen molar-refractivity contribution < 1.29 is 9.84 Å². The molecule has 2 aliphatic heterocycles. The summed E-state index contributed by atoms with van der Waals surface area (Å²) in [5.41, 5.74) is 3.77. The van der Waals surface area contributed by atoms with E-state index in [1.807, 2.05) is 0 Å².